The van der Waals surface area contributed by atoms with Crippen molar-refractivity contribution in [2.45, 2.75) is 37.2 Å². The molecule has 1 fully saturated rings. The van der Waals surface area contributed by atoms with Gasteiger partial charge < -0.3 is 20.1 Å². The number of methoxy groups -OCH3 is 1. The zero-order valence-corrected chi connectivity index (χ0v) is 18.6. The summed E-state index contributed by atoms with van der Waals surface area (Å²) in [7, 11) is 1.58. The minimum atomic E-state index is -0.658. The van der Waals surface area contributed by atoms with Gasteiger partial charge in [-0.1, -0.05) is 23.2 Å². The molecule has 0 atom stereocenters. The standard InChI is InChI=1S/C22H23Cl2N3O4/c1-30-9-8-25-19(28)13-2-3-18-16(10-13)22(21(29)27-18)6-4-15(5-7-22)31-20-17(24)11-14(23)12-26-20/h2-3,10-12,15H,4-9H2,1H3,(H,25,28)(H,27,29). The second kappa shape index (κ2) is 9.02. The molecule has 1 aromatic carbocycles. The molecule has 1 aliphatic carbocycles. The highest BCUT2D eigenvalue weighted by Crippen LogP contribution is 2.48. The van der Waals surface area contributed by atoms with Gasteiger partial charge in [0.15, 0.2) is 0 Å². The van der Waals surface area contributed by atoms with Crippen LogP contribution >= 0.6 is 23.2 Å². The first kappa shape index (κ1) is 21.9. The molecule has 1 saturated carbocycles. The number of amides is 2. The summed E-state index contributed by atoms with van der Waals surface area (Å²) in [5.74, 6) is 0.133. The largest absolute Gasteiger partial charge is 0.473 e. The molecule has 0 saturated heterocycles. The van der Waals surface area contributed by atoms with Crippen LogP contribution in [0.4, 0.5) is 5.69 Å². The van der Waals surface area contributed by atoms with Gasteiger partial charge in [0.1, 0.15) is 11.1 Å². The first-order valence-corrected chi connectivity index (χ1v) is 10.9. The van der Waals surface area contributed by atoms with E-state index in [1.54, 1.807) is 25.3 Å². The molecule has 0 radical (unpaired) electrons. The van der Waals surface area contributed by atoms with Gasteiger partial charge in [0.05, 0.1) is 17.0 Å². The summed E-state index contributed by atoms with van der Waals surface area (Å²) in [6.07, 6.45) is 3.93. The second-order valence-corrected chi connectivity index (χ2v) is 8.65. The highest BCUT2D eigenvalue weighted by atomic mass is 35.5. The molecule has 2 N–H and O–H groups in total. The predicted octanol–water partition coefficient (Wildman–Crippen LogP) is 3.98. The lowest BCUT2D eigenvalue weighted by atomic mass is 9.69. The van der Waals surface area contributed by atoms with Crippen molar-refractivity contribution in [1.82, 2.24) is 10.3 Å². The fourth-order valence-corrected chi connectivity index (χ4v) is 4.69. The van der Waals surface area contributed by atoms with Crippen molar-refractivity contribution in [2.24, 2.45) is 0 Å². The molecular formula is C22H23Cl2N3O4. The van der Waals surface area contributed by atoms with Crippen LogP contribution in [-0.2, 0) is 14.9 Å². The van der Waals surface area contributed by atoms with Gasteiger partial charge in [-0.25, -0.2) is 4.98 Å². The van der Waals surface area contributed by atoms with Crippen molar-refractivity contribution in [3.05, 3.63) is 51.6 Å². The Balaban J connectivity index is 1.48. The van der Waals surface area contributed by atoms with Crippen molar-refractivity contribution >= 4 is 40.7 Å². The number of aromatic nitrogens is 1. The number of rotatable bonds is 6. The van der Waals surface area contributed by atoms with Gasteiger partial charge in [0.25, 0.3) is 5.91 Å². The van der Waals surface area contributed by atoms with Gasteiger partial charge in [0, 0.05) is 31.1 Å². The molecule has 1 spiro atoms. The normalized spacial score (nSPS) is 22.2. The highest BCUT2D eigenvalue weighted by molar-refractivity contribution is 6.35. The number of hydrogen-bond donors (Lipinski definition) is 2. The number of carbonyl (C=O) groups is 2. The van der Waals surface area contributed by atoms with Gasteiger partial charge in [-0.3, -0.25) is 9.59 Å². The fourth-order valence-electron chi connectivity index (χ4n) is 4.27. The molecule has 1 aliphatic heterocycles. The number of carbonyl (C=O) groups excluding carboxylic acids is 2. The third-order valence-electron chi connectivity index (χ3n) is 5.91. The predicted molar refractivity (Wildman–Crippen MR) is 118 cm³/mol. The lowest BCUT2D eigenvalue weighted by Crippen LogP contribution is -2.41. The van der Waals surface area contributed by atoms with Gasteiger partial charge in [-0.05, 0) is 55.5 Å². The van der Waals surface area contributed by atoms with Crippen LogP contribution in [0.3, 0.4) is 0 Å². The number of nitrogens with zero attached hydrogens (tertiary/aromatic N) is 1. The second-order valence-electron chi connectivity index (χ2n) is 7.80. The van der Waals surface area contributed by atoms with E-state index in [4.69, 9.17) is 32.7 Å². The number of hydrogen-bond acceptors (Lipinski definition) is 5. The number of halogens is 2. The van der Waals surface area contributed by atoms with E-state index in [1.165, 1.54) is 6.20 Å². The molecule has 2 aromatic rings. The van der Waals surface area contributed by atoms with Crippen LogP contribution in [0.15, 0.2) is 30.5 Å². The minimum Gasteiger partial charge on any atom is -0.473 e. The molecule has 9 heteroatoms. The number of benzene rings is 1. The van der Waals surface area contributed by atoms with Gasteiger partial charge in [0.2, 0.25) is 11.8 Å². The van der Waals surface area contributed by atoms with Gasteiger partial charge >= 0.3 is 0 Å². The smallest absolute Gasteiger partial charge is 0.251 e. The Labute approximate surface area is 190 Å². The lowest BCUT2D eigenvalue weighted by Gasteiger charge is -2.35. The van der Waals surface area contributed by atoms with E-state index in [0.717, 1.165) is 11.3 Å². The number of pyridine rings is 1. The van der Waals surface area contributed by atoms with Crippen LogP contribution in [0.5, 0.6) is 5.88 Å². The van der Waals surface area contributed by atoms with E-state index in [1.807, 2.05) is 6.07 Å². The van der Waals surface area contributed by atoms with E-state index < -0.39 is 5.41 Å². The van der Waals surface area contributed by atoms with Crippen molar-refractivity contribution in [2.75, 3.05) is 25.6 Å². The molecule has 31 heavy (non-hydrogen) atoms. The molecule has 4 rings (SSSR count). The molecule has 2 aliphatic rings. The molecular weight excluding hydrogens is 441 g/mol. The summed E-state index contributed by atoms with van der Waals surface area (Å²) in [6.45, 7) is 0.865. The average molecular weight is 464 g/mol. The maximum Gasteiger partial charge on any atom is 0.251 e. The van der Waals surface area contributed by atoms with Crippen LogP contribution < -0.4 is 15.4 Å². The molecule has 0 unspecified atom stereocenters. The Morgan fingerprint density at radius 2 is 2.06 bits per heavy atom. The Morgan fingerprint density at radius 1 is 1.29 bits per heavy atom. The Hall–Kier alpha value is -2.35. The van der Waals surface area contributed by atoms with Crippen LogP contribution in [0, 0.1) is 0 Å². The van der Waals surface area contributed by atoms with Crippen molar-refractivity contribution in [1.29, 1.82) is 0 Å². The van der Waals surface area contributed by atoms with Gasteiger partial charge in [-0.2, -0.15) is 0 Å². The first-order valence-electron chi connectivity index (χ1n) is 10.1. The highest BCUT2D eigenvalue weighted by Gasteiger charge is 2.49. The molecule has 1 aromatic heterocycles. The van der Waals surface area contributed by atoms with E-state index in [9.17, 15) is 9.59 Å². The molecule has 2 heterocycles. The molecule has 2 amide bonds. The summed E-state index contributed by atoms with van der Waals surface area (Å²) in [5.41, 5.74) is 1.51. The number of anilines is 1. The lowest BCUT2D eigenvalue weighted by molar-refractivity contribution is -0.122. The summed E-state index contributed by atoms with van der Waals surface area (Å²) < 4.78 is 10.9. The summed E-state index contributed by atoms with van der Waals surface area (Å²) in [4.78, 5) is 29.6. The van der Waals surface area contributed by atoms with Gasteiger partial charge in [-0.15, -0.1) is 0 Å². The van der Waals surface area contributed by atoms with E-state index in [-0.39, 0.29) is 17.9 Å². The number of ether oxygens (including phenoxy) is 2. The van der Waals surface area contributed by atoms with E-state index >= 15 is 0 Å². The summed E-state index contributed by atoms with van der Waals surface area (Å²) >= 11 is 12.1. The quantitative estimate of drug-likeness (QED) is 0.632. The van der Waals surface area contributed by atoms with Crippen LogP contribution in [0.25, 0.3) is 0 Å². The number of nitrogens with one attached hydrogen (secondary N) is 2. The maximum atomic E-state index is 12.9. The van der Waals surface area contributed by atoms with Crippen LogP contribution in [-0.4, -0.2) is 43.2 Å². The third kappa shape index (κ3) is 4.35. The maximum absolute atomic E-state index is 12.9. The van der Waals surface area contributed by atoms with Crippen LogP contribution in [0.1, 0.15) is 41.6 Å². The average Bonchev–Trinajstić information content (AvgIpc) is 3.02. The zero-order valence-electron chi connectivity index (χ0n) is 17.0. The molecule has 164 valence electrons. The summed E-state index contributed by atoms with van der Waals surface area (Å²) in [6, 6.07) is 6.94. The zero-order chi connectivity index (χ0) is 22.0. The Morgan fingerprint density at radius 3 is 2.77 bits per heavy atom. The van der Waals surface area contributed by atoms with Crippen molar-refractivity contribution in [3.8, 4) is 5.88 Å². The number of fused-ring (bicyclic) bond motifs is 2. The molecule has 7 nitrogen and oxygen atoms in total. The fraction of sp³-hybridized carbons (Fsp3) is 0.409. The first-order chi connectivity index (χ1) is 14.9. The minimum absolute atomic E-state index is 0.0273. The monoisotopic (exact) mass is 463 g/mol. The van der Waals surface area contributed by atoms with Crippen LogP contribution in [0.2, 0.25) is 10.0 Å². The Kier molecular flexibility index (Phi) is 6.36. The third-order valence-corrected chi connectivity index (χ3v) is 6.39. The van der Waals surface area contributed by atoms with Crippen molar-refractivity contribution < 1.29 is 19.1 Å². The van der Waals surface area contributed by atoms with Crippen molar-refractivity contribution in [3.63, 3.8) is 0 Å². The molecule has 0 bridgehead atoms. The summed E-state index contributed by atoms with van der Waals surface area (Å²) in [5, 5.41) is 6.60. The Bertz CT molecular complexity index is 1010. The SMILES string of the molecule is COCCNC(=O)c1ccc2c(c1)C1(CCC(Oc3ncc(Cl)cc3Cl)CC1)C(=O)N2. The van der Waals surface area contributed by atoms with E-state index in [0.29, 0.717) is 60.3 Å². The van der Waals surface area contributed by atoms with E-state index in [2.05, 4.69) is 15.6 Å². The topological polar surface area (TPSA) is 89.6 Å².